The lowest BCUT2D eigenvalue weighted by Gasteiger charge is -2.07. The number of rotatable bonds is 8. The van der Waals surface area contributed by atoms with Crippen molar-refractivity contribution >= 4 is 15.7 Å². The van der Waals surface area contributed by atoms with Crippen LogP contribution >= 0.6 is 0 Å². The molecule has 0 heterocycles. The number of ether oxygens (including phenoxy) is 1. The quantitative estimate of drug-likeness (QED) is 0.323. The van der Waals surface area contributed by atoms with Crippen molar-refractivity contribution in [1.29, 1.82) is 0 Å². The van der Waals surface area contributed by atoms with Gasteiger partial charge in [-0.25, -0.2) is 14.3 Å². The number of nitrogens with two attached hydrogens (primary N) is 1. The van der Waals surface area contributed by atoms with E-state index in [-0.39, 0.29) is 10.8 Å². The van der Waals surface area contributed by atoms with E-state index in [1.54, 1.807) is 12.1 Å². The van der Waals surface area contributed by atoms with E-state index in [4.69, 9.17) is 10.6 Å². The minimum Gasteiger partial charge on any atom is -0.494 e. The Kier molecular flexibility index (Phi) is 6.47. The van der Waals surface area contributed by atoms with Gasteiger partial charge in [-0.3, -0.25) is 10.2 Å². The summed E-state index contributed by atoms with van der Waals surface area (Å²) >= 11 is 0. The number of hydrazine groups is 1. The molecule has 0 atom stereocenters. The van der Waals surface area contributed by atoms with Gasteiger partial charge in [-0.05, 0) is 37.5 Å². The molecule has 1 amide bonds. The number of sulfone groups is 1. The first-order valence-corrected chi connectivity index (χ1v) is 8.25. The van der Waals surface area contributed by atoms with Crippen molar-refractivity contribution in [2.45, 2.75) is 30.6 Å². The summed E-state index contributed by atoms with van der Waals surface area (Å²) in [4.78, 5) is 11.1. The third-order valence-corrected chi connectivity index (χ3v) is 3.82. The predicted octanol–water partition coefficient (Wildman–Crippen LogP) is 1.02. The van der Waals surface area contributed by atoms with Crippen LogP contribution in [0, 0.1) is 0 Å². The molecule has 0 unspecified atom stereocenters. The molecule has 7 heteroatoms. The number of unbranched alkanes of at least 4 members (excludes halogenated alkanes) is 2. The molecule has 1 aromatic rings. The van der Waals surface area contributed by atoms with Crippen molar-refractivity contribution in [2.24, 2.45) is 5.84 Å². The zero-order valence-corrected chi connectivity index (χ0v) is 12.3. The van der Waals surface area contributed by atoms with E-state index in [2.05, 4.69) is 5.43 Å². The van der Waals surface area contributed by atoms with Crippen molar-refractivity contribution < 1.29 is 17.9 Å². The van der Waals surface area contributed by atoms with Crippen molar-refractivity contribution in [2.75, 3.05) is 12.9 Å². The molecule has 3 N–H and O–H groups in total. The van der Waals surface area contributed by atoms with Gasteiger partial charge in [0, 0.05) is 12.7 Å². The summed E-state index contributed by atoms with van der Waals surface area (Å²) in [6.07, 6.45) is 3.95. The molecule has 0 saturated carbocycles. The summed E-state index contributed by atoms with van der Waals surface area (Å²) in [5, 5.41) is 0. The molecule has 0 aliphatic rings. The van der Waals surface area contributed by atoms with Crippen LogP contribution in [-0.4, -0.2) is 27.2 Å². The Labute approximate surface area is 119 Å². The molecule has 112 valence electrons. The van der Waals surface area contributed by atoms with Gasteiger partial charge in [0.1, 0.15) is 5.75 Å². The molecule has 1 aromatic carbocycles. The number of benzene rings is 1. The van der Waals surface area contributed by atoms with Gasteiger partial charge in [0.15, 0.2) is 9.84 Å². The van der Waals surface area contributed by atoms with E-state index in [0.29, 0.717) is 18.8 Å². The van der Waals surface area contributed by atoms with Crippen LogP contribution in [0.15, 0.2) is 29.2 Å². The Bertz CT molecular complexity index is 543. The lowest BCUT2D eigenvalue weighted by molar-refractivity contribution is -0.121. The summed E-state index contributed by atoms with van der Waals surface area (Å²) in [6.45, 7) is 0.484. The summed E-state index contributed by atoms with van der Waals surface area (Å²) < 4.78 is 28.3. The fraction of sp³-hybridized carbons (Fsp3) is 0.462. The monoisotopic (exact) mass is 300 g/mol. The van der Waals surface area contributed by atoms with E-state index in [1.807, 2.05) is 0 Å². The van der Waals surface area contributed by atoms with E-state index >= 15 is 0 Å². The van der Waals surface area contributed by atoms with Crippen LogP contribution in [0.2, 0.25) is 0 Å². The second-order valence-corrected chi connectivity index (χ2v) is 6.49. The molecule has 0 spiro atoms. The van der Waals surface area contributed by atoms with Crippen LogP contribution in [0.5, 0.6) is 5.75 Å². The standard InChI is InChI=1S/C13H20N2O4S/c1-20(17,18)12-7-5-6-11(10-12)19-9-4-2-3-8-13(16)15-14/h5-7,10H,2-4,8-9,14H2,1H3,(H,15,16). The first-order valence-electron chi connectivity index (χ1n) is 6.36. The lowest BCUT2D eigenvalue weighted by Crippen LogP contribution is -2.29. The summed E-state index contributed by atoms with van der Waals surface area (Å²) in [7, 11) is -3.21. The molecule has 0 saturated heterocycles. The number of nitrogens with one attached hydrogen (secondary N) is 1. The highest BCUT2D eigenvalue weighted by atomic mass is 32.2. The summed E-state index contributed by atoms with van der Waals surface area (Å²) in [5.74, 6) is 5.33. The zero-order chi connectivity index (χ0) is 15.0. The number of hydrogen-bond donors (Lipinski definition) is 2. The summed E-state index contributed by atoms with van der Waals surface area (Å²) in [5.41, 5.74) is 2.07. The van der Waals surface area contributed by atoms with E-state index < -0.39 is 9.84 Å². The van der Waals surface area contributed by atoms with Crippen LogP contribution in [0.25, 0.3) is 0 Å². The minimum absolute atomic E-state index is 0.174. The van der Waals surface area contributed by atoms with Gasteiger partial charge in [-0.2, -0.15) is 0 Å². The van der Waals surface area contributed by atoms with Crippen molar-refractivity contribution in [3.8, 4) is 5.75 Å². The van der Waals surface area contributed by atoms with Crippen LogP contribution in [0.1, 0.15) is 25.7 Å². The third kappa shape index (κ3) is 6.03. The SMILES string of the molecule is CS(=O)(=O)c1cccc(OCCCCCC(=O)NN)c1. The van der Waals surface area contributed by atoms with Gasteiger partial charge in [-0.15, -0.1) is 0 Å². The van der Waals surface area contributed by atoms with Gasteiger partial charge < -0.3 is 4.74 Å². The maximum absolute atomic E-state index is 11.4. The highest BCUT2D eigenvalue weighted by Crippen LogP contribution is 2.17. The topological polar surface area (TPSA) is 98.5 Å². The molecular weight excluding hydrogens is 280 g/mol. The second kappa shape index (κ2) is 7.86. The highest BCUT2D eigenvalue weighted by molar-refractivity contribution is 7.90. The second-order valence-electron chi connectivity index (χ2n) is 4.47. The maximum atomic E-state index is 11.4. The smallest absolute Gasteiger partial charge is 0.233 e. The van der Waals surface area contributed by atoms with Gasteiger partial charge in [0.25, 0.3) is 0 Å². The first kappa shape index (κ1) is 16.5. The Morgan fingerprint density at radius 2 is 2.05 bits per heavy atom. The van der Waals surface area contributed by atoms with Crippen LogP contribution in [0.4, 0.5) is 0 Å². The molecule has 0 aliphatic carbocycles. The molecule has 6 nitrogen and oxygen atoms in total. The van der Waals surface area contributed by atoms with Gasteiger partial charge in [-0.1, -0.05) is 6.07 Å². The first-order chi connectivity index (χ1) is 9.43. The third-order valence-electron chi connectivity index (χ3n) is 2.71. The Morgan fingerprint density at radius 1 is 1.30 bits per heavy atom. The van der Waals surface area contributed by atoms with Crippen molar-refractivity contribution in [3.63, 3.8) is 0 Å². The Hall–Kier alpha value is -1.60. The van der Waals surface area contributed by atoms with Crippen molar-refractivity contribution in [3.05, 3.63) is 24.3 Å². The highest BCUT2D eigenvalue weighted by Gasteiger charge is 2.07. The van der Waals surface area contributed by atoms with Crippen molar-refractivity contribution in [1.82, 2.24) is 5.43 Å². The van der Waals surface area contributed by atoms with Gasteiger partial charge in [0.2, 0.25) is 5.91 Å². The largest absolute Gasteiger partial charge is 0.494 e. The lowest BCUT2D eigenvalue weighted by atomic mass is 10.2. The van der Waals surface area contributed by atoms with E-state index in [1.165, 1.54) is 12.1 Å². The maximum Gasteiger partial charge on any atom is 0.233 e. The fourth-order valence-corrected chi connectivity index (χ4v) is 2.28. The molecule has 20 heavy (non-hydrogen) atoms. The minimum atomic E-state index is -3.21. The average molecular weight is 300 g/mol. The fourth-order valence-electron chi connectivity index (χ4n) is 1.62. The number of carbonyl (C=O) groups is 1. The molecular formula is C13H20N2O4S. The molecule has 0 radical (unpaired) electrons. The van der Waals surface area contributed by atoms with Crippen LogP contribution in [-0.2, 0) is 14.6 Å². The predicted molar refractivity (Wildman–Crippen MR) is 75.8 cm³/mol. The van der Waals surface area contributed by atoms with Crippen LogP contribution in [0.3, 0.4) is 0 Å². The van der Waals surface area contributed by atoms with E-state index in [9.17, 15) is 13.2 Å². The van der Waals surface area contributed by atoms with Gasteiger partial charge in [0.05, 0.1) is 11.5 Å². The molecule has 0 bridgehead atoms. The average Bonchev–Trinajstić information content (AvgIpc) is 2.41. The Morgan fingerprint density at radius 3 is 2.70 bits per heavy atom. The van der Waals surface area contributed by atoms with E-state index in [0.717, 1.165) is 25.5 Å². The number of carbonyl (C=O) groups excluding carboxylic acids is 1. The zero-order valence-electron chi connectivity index (χ0n) is 11.5. The number of amides is 1. The Balaban J connectivity index is 2.31. The molecule has 0 aromatic heterocycles. The molecule has 0 aliphatic heterocycles. The summed E-state index contributed by atoms with van der Waals surface area (Å²) in [6, 6.07) is 6.42. The number of hydrogen-bond acceptors (Lipinski definition) is 5. The van der Waals surface area contributed by atoms with Crippen LogP contribution < -0.4 is 16.0 Å². The van der Waals surface area contributed by atoms with Gasteiger partial charge >= 0.3 is 0 Å². The molecule has 0 fully saturated rings. The normalized spacial score (nSPS) is 11.1. The molecule has 1 rings (SSSR count).